The molecule has 0 bridgehead atoms. The summed E-state index contributed by atoms with van der Waals surface area (Å²) in [6, 6.07) is 13.3. The smallest absolute Gasteiger partial charge is 0.341 e. The lowest BCUT2D eigenvalue weighted by Gasteiger charge is -2.06. The molecule has 0 spiro atoms. The van der Waals surface area contributed by atoms with Gasteiger partial charge in [-0.05, 0) is 24.3 Å². The lowest BCUT2D eigenvalue weighted by molar-refractivity contribution is -0.123. The summed E-state index contributed by atoms with van der Waals surface area (Å²) >= 11 is 0. The maximum absolute atomic E-state index is 13.3. The van der Waals surface area contributed by atoms with E-state index in [1.54, 1.807) is 18.2 Å². The monoisotopic (exact) mass is 301 g/mol. The quantitative estimate of drug-likeness (QED) is 0.876. The second kappa shape index (κ2) is 7.12. The lowest BCUT2D eigenvalue weighted by Crippen LogP contribution is -2.34. The predicted molar refractivity (Wildman–Crippen MR) is 75.6 cm³/mol. The second-order valence-corrected chi connectivity index (χ2v) is 4.30. The highest BCUT2D eigenvalue weighted by molar-refractivity contribution is 6.05. The zero-order chi connectivity index (χ0) is 15.9. The first-order chi connectivity index (χ1) is 10.6. The minimum atomic E-state index is -0.972. The van der Waals surface area contributed by atoms with Gasteiger partial charge in [0.1, 0.15) is 5.82 Å². The molecule has 0 fully saturated rings. The standard InChI is InChI=1S/C16H12FNO4/c17-13-9-5-4-8-12(13)16(21)22-10-14(19)18-15(20)11-6-2-1-3-7-11/h1-9H,10H2,(H,18,19,20). The van der Waals surface area contributed by atoms with Crippen LogP contribution in [0.4, 0.5) is 4.39 Å². The van der Waals surface area contributed by atoms with E-state index in [4.69, 9.17) is 0 Å². The third-order valence-electron chi connectivity index (χ3n) is 2.72. The Kier molecular flexibility index (Phi) is 4.98. The van der Waals surface area contributed by atoms with Crippen molar-refractivity contribution in [3.8, 4) is 0 Å². The third kappa shape index (κ3) is 3.99. The van der Waals surface area contributed by atoms with Gasteiger partial charge in [0.2, 0.25) is 0 Å². The number of amides is 2. The van der Waals surface area contributed by atoms with Gasteiger partial charge in [0.05, 0.1) is 5.56 Å². The van der Waals surface area contributed by atoms with E-state index < -0.39 is 30.2 Å². The van der Waals surface area contributed by atoms with E-state index in [2.05, 4.69) is 10.1 Å². The summed E-state index contributed by atoms with van der Waals surface area (Å²) in [5.74, 6) is -3.11. The SMILES string of the molecule is O=C(COC(=O)c1ccccc1F)NC(=O)c1ccccc1. The molecule has 0 heterocycles. The maximum Gasteiger partial charge on any atom is 0.341 e. The summed E-state index contributed by atoms with van der Waals surface area (Å²) in [7, 11) is 0. The van der Waals surface area contributed by atoms with Gasteiger partial charge in [-0.25, -0.2) is 9.18 Å². The van der Waals surface area contributed by atoms with Crippen molar-refractivity contribution < 1.29 is 23.5 Å². The fourth-order valence-corrected chi connectivity index (χ4v) is 1.66. The molecule has 0 unspecified atom stereocenters. The number of ether oxygens (including phenoxy) is 1. The van der Waals surface area contributed by atoms with Crippen LogP contribution in [0.25, 0.3) is 0 Å². The summed E-state index contributed by atoms with van der Waals surface area (Å²) in [5, 5.41) is 2.07. The van der Waals surface area contributed by atoms with Crippen molar-refractivity contribution in [1.29, 1.82) is 0 Å². The zero-order valence-electron chi connectivity index (χ0n) is 11.4. The number of hydrogen-bond acceptors (Lipinski definition) is 4. The molecule has 2 rings (SSSR count). The molecule has 0 saturated carbocycles. The molecule has 0 aromatic heterocycles. The number of carbonyl (C=O) groups excluding carboxylic acids is 3. The van der Waals surface area contributed by atoms with Crippen LogP contribution in [0.2, 0.25) is 0 Å². The van der Waals surface area contributed by atoms with Crippen molar-refractivity contribution in [3.63, 3.8) is 0 Å². The first-order valence-electron chi connectivity index (χ1n) is 6.39. The Bertz CT molecular complexity index is 700. The number of halogens is 1. The Morgan fingerprint density at radius 3 is 2.27 bits per heavy atom. The normalized spacial score (nSPS) is 9.86. The average Bonchev–Trinajstić information content (AvgIpc) is 2.54. The van der Waals surface area contributed by atoms with E-state index in [9.17, 15) is 18.8 Å². The molecule has 2 amide bonds. The maximum atomic E-state index is 13.3. The van der Waals surface area contributed by atoms with Gasteiger partial charge in [0.15, 0.2) is 6.61 Å². The number of benzene rings is 2. The highest BCUT2D eigenvalue weighted by atomic mass is 19.1. The summed E-state index contributed by atoms with van der Waals surface area (Å²) in [4.78, 5) is 34.8. The molecular weight excluding hydrogens is 289 g/mol. The summed E-state index contributed by atoms with van der Waals surface area (Å²) < 4.78 is 18.0. The van der Waals surface area contributed by atoms with Gasteiger partial charge < -0.3 is 4.74 Å². The van der Waals surface area contributed by atoms with Crippen LogP contribution >= 0.6 is 0 Å². The Labute approximate surface area is 125 Å². The minimum absolute atomic E-state index is 0.273. The van der Waals surface area contributed by atoms with Crippen LogP contribution in [0.1, 0.15) is 20.7 Å². The van der Waals surface area contributed by atoms with Gasteiger partial charge in [0.25, 0.3) is 11.8 Å². The molecule has 0 saturated heterocycles. The van der Waals surface area contributed by atoms with Crippen LogP contribution in [-0.2, 0) is 9.53 Å². The van der Waals surface area contributed by atoms with Crippen molar-refractivity contribution >= 4 is 17.8 Å². The molecule has 5 nitrogen and oxygen atoms in total. The van der Waals surface area contributed by atoms with Crippen molar-refractivity contribution in [1.82, 2.24) is 5.32 Å². The zero-order valence-corrected chi connectivity index (χ0v) is 11.4. The first kappa shape index (κ1) is 15.4. The fraction of sp³-hybridized carbons (Fsp3) is 0.0625. The van der Waals surface area contributed by atoms with E-state index in [1.165, 1.54) is 30.3 Å². The fourth-order valence-electron chi connectivity index (χ4n) is 1.66. The van der Waals surface area contributed by atoms with E-state index in [0.29, 0.717) is 5.56 Å². The van der Waals surface area contributed by atoms with E-state index in [0.717, 1.165) is 6.07 Å². The Balaban J connectivity index is 1.87. The van der Waals surface area contributed by atoms with E-state index in [1.807, 2.05) is 0 Å². The van der Waals surface area contributed by atoms with Crippen LogP contribution in [0, 0.1) is 5.82 Å². The molecule has 2 aromatic carbocycles. The van der Waals surface area contributed by atoms with Crippen LogP contribution in [-0.4, -0.2) is 24.4 Å². The van der Waals surface area contributed by atoms with Crippen LogP contribution < -0.4 is 5.32 Å². The van der Waals surface area contributed by atoms with Crippen LogP contribution in [0.5, 0.6) is 0 Å². The van der Waals surface area contributed by atoms with E-state index >= 15 is 0 Å². The van der Waals surface area contributed by atoms with Crippen molar-refractivity contribution in [2.75, 3.05) is 6.61 Å². The number of rotatable bonds is 4. The predicted octanol–water partition coefficient (Wildman–Crippen LogP) is 1.94. The lowest BCUT2D eigenvalue weighted by atomic mass is 10.2. The van der Waals surface area contributed by atoms with E-state index in [-0.39, 0.29) is 5.56 Å². The minimum Gasteiger partial charge on any atom is -0.452 e. The third-order valence-corrected chi connectivity index (χ3v) is 2.72. The van der Waals surface area contributed by atoms with Crippen molar-refractivity contribution in [2.45, 2.75) is 0 Å². The molecule has 0 aliphatic rings. The number of imide groups is 1. The molecule has 2 aromatic rings. The number of hydrogen-bond donors (Lipinski definition) is 1. The molecule has 6 heteroatoms. The molecule has 0 aliphatic carbocycles. The topological polar surface area (TPSA) is 72.5 Å². The molecular formula is C16H12FNO4. The van der Waals surface area contributed by atoms with Crippen molar-refractivity contribution in [3.05, 3.63) is 71.5 Å². The summed E-state index contributed by atoms with van der Waals surface area (Å²) in [5.41, 5.74) is 0.0287. The summed E-state index contributed by atoms with van der Waals surface area (Å²) in [6.45, 7) is -0.675. The van der Waals surface area contributed by atoms with Crippen LogP contribution in [0.3, 0.4) is 0 Å². The second-order valence-electron chi connectivity index (χ2n) is 4.30. The Morgan fingerprint density at radius 1 is 0.955 bits per heavy atom. The van der Waals surface area contributed by atoms with Gasteiger partial charge in [-0.1, -0.05) is 30.3 Å². The molecule has 0 aliphatic heterocycles. The number of carbonyl (C=O) groups is 3. The highest BCUT2D eigenvalue weighted by Crippen LogP contribution is 2.07. The largest absolute Gasteiger partial charge is 0.452 e. The van der Waals surface area contributed by atoms with Gasteiger partial charge in [-0.2, -0.15) is 0 Å². The highest BCUT2D eigenvalue weighted by Gasteiger charge is 2.15. The van der Waals surface area contributed by atoms with Gasteiger partial charge in [0, 0.05) is 5.56 Å². The van der Waals surface area contributed by atoms with Gasteiger partial charge in [-0.15, -0.1) is 0 Å². The van der Waals surface area contributed by atoms with Crippen LogP contribution in [0.15, 0.2) is 54.6 Å². The van der Waals surface area contributed by atoms with Crippen molar-refractivity contribution in [2.24, 2.45) is 0 Å². The van der Waals surface area contributed by atoms with Gasteiger partial charge in [-0.3, -0.25) is 14.9 Å². The molecule has 1 N–H and O–H groups in total. The average molecular weight is 301 g/mol. The first-order valence-corrected chi connectivity index (χ1v) is 6.39. The number of esters is 1. The molecule has 0 radical (unpaired) electrons. The van der Waals surface area contributed by atoms with Gasteiger partial charge >= 0.3 is 5.97 Å². The number of nitrogens with one attached hydrogen (secondary N) is 1. The Hall–Kier alpha value is -3.02. The molecule has 22 heavy (non-hydrogen) atoms. The molecule has 0 atom stereocenters. The molecule has 112 valence electrons. The Morgan fingerprint density at radius 2 is 1.59 bits per heavy atom. The summed E-state index contributed by atoms with van der Waals surface area (Å²) in [6.07, 6.45) is 0.